The molecule has 3 rings (SSSR count). The predicted octanol–water partition coefficient (Wildman–Crippen LogP) is 3.41. The van der Waals surface area contributed by atoms with Crippen LogP contribution in [0.15, 0.2) is 42.5 Å². The topological polar surface area (TPSA) is 66.4 Å². The molecule has 1 atom stereocenters. The van der Waals surface area contributed by atoms with Crippen LogP contribution in [0.3, 0.4) is 0 Å². The molecule has 2 aromatic rings. The molecule has 6 heteroatoms. The van der Waals surface area contributed by atoms with Crippen LogP contribution in [-0.2, 0) is 10.4 Å². The predicted molar refractivity (Wildman–Crippen MR) is 84.4 cm³/mol. The molecule has 2 N–H and O–H groups in total. The van der Waals surface area contributed by atoms with Crippen molar-refractivity contribution in [2.45, 2.75) is 12.0 Å². The van der Waals surface area contributed by atoms with Gasteiger partial charge in [0.15, 0.2) is 11.4 Å². The molecule has 1 unspecified atom stereocenters. The molecule has 4 nitrogen and oxygen atoms in total. The molecule has 0 saturated heterocycles. The molecule has 22 heavy (non-hydrogen) atoms. The number of Topliss-reactive ketones (excluding diaryl/α,β-unsaturated/α-hetero) is 1. The number of carbonyl (C=O) groups is 2. The van der Waals surface area contributed by atoms with Crippen LogP contribution >= 0.6 is 23.2 Å². The molecule has 0 aliphatic carbocycles. The molecular weight excluding hydrogens is 325 g/mol. The molecule has 0 saturated carbocycles. The molecule has 0 radical (unpaired) electrons. The Morgan fingerprint density at radius 2 is 1.86 bits per heavy atom. The van der Waals surface area contributed by atoms with Gasteiger partial charge in [0.1, 0.15) is 0 Å². The number of aliphatic hydroxyl groups is 1. The highest BCUT2D eigenvalue weighted by atomic mass is 35.5. The number of halogens is 2. The molecule has 0 bridgehead atoms. The van der Waals surface area contributed by atoms with E-state index in [1.54, 1.807) is 30.3 Å². The lowest BCUT2D eigenvalue weighted by Gasteiger charge is -2.21. The molecule has 2 aromatic carbocycles. The van der Waals surface area contributed by atoms with Crippen LogP contribution in [0.4, 0.5) is 5.69 Å². The fourth-order valence-corrected chi connectivity index (χ4v) is 3.21. The lowest BCUT2D eigenvalue weighted by atomic mass is 9.88. The van der Waals surface area contributed by atoms with Gasteiger partial charge in [0, 0.05) is 16.1 Å². The highest BCUT2D eigenvalue weighted by Gasteiger charge is 2.48. The number of carbonyl (C=O) groups excluding carboxylic acids is 2. The summed E-state index contributed by atoms with van der Waals surface area (Å²) in [6, 6.07) is 11.4. The highest BCUT2D eigenvalue weighted by Crippen LogP contribution is 2.44. The minimum Gasteiger partial charge on any atom is -0.375 e. The molecule has 1 aliphatic heterocycles. The second-order valence-corrected chi connectivity index (χ2v) is 5.93. The van der Waals surface area contributed by atoms with Gasteiger partial charge in [0.2, 0.25) is 0 Å². The molecule has 112 valence electrons. The SMILES string of the molecule is O=C(CC1(O)C(=O)Nc2cc(Cl)cc(Cl)c21)c1ccccc1. The van der Waals surface area contributed by atoms with Crippen molar-refractivity contribution in [1.29, 1.82) is 0 Å². The van der Waals surface area contributed by atoms with E-state index in [1.807, 2.05) is 0 Å². The van der Waals surface area contributed by atoms with E-state index in [0.717, 1.165) is 0 Å². The second-order valence-electron chi connectivity index (χ2n) is 5.09. The average molecular weight is 336 g/mol. The number of anilines is 1. The van der Waals surface area contributed by atoms with E-state index in [0.29, 0.717) is 16.3 Å². The van der Waals surface area contributed by atoms with Crippen molar-refractivity contribution in [1.82, 2.24) is 0 Å². The number of hydrogen-bond acceptors (Lipinski definition) is 3. The third-order valence-electron chi connectivity index (χ3n) is 3.60. The molecule has 0 aromatic heterocycles. The minimum absolute atomic E-state index is 0.143. The molecule has 1 amide bonds. The van der Waals surface area contributed by atoms with Crippen LogP contribution in [0.2, 0.25) is 10.0 Å². The van der Waals surface area contributed by atoms with Crippen molar-refractivity contribution in [2.75, 3.05) is 5.32 Å². The Balaban J connectivity index is 2.01. The first-order chi connectivity index (χ1) is 10.4. The van der Waals surface area contributed by atoms with Crippen molar-refractivity contribution in [3.63, 3.8) is 0 Å². The normalized spacial score (nSPS) is 19.7. The van der Waals surface area contributed by atoms with E-state index in [9.17, 15) is 14.7 Å². The number of hydrogen-bond donors (Lipinski definition) is 2. The van der Waals surface area contributed by atoms with E-state index in [-0.39, 0.29) is 16.4 Å². The van der Waals surface area contributed by atoms with E-state index in [2.05, 4.69) is 5.32 Å². The van der Waals surface area contributed by atoms with E-state index in [1.165, 1.54) is 12.1 Å². The van der Waals surface area contributed by atoms with Crippen molar-refractivity contribution >= 4 is 40.6 Å². The molecule has 1 heterocycles. The number of fused-ring (bicyclic) bond motifs is 1. The van der Waals surface area contributed by atoms with Crippen molar-refractivity contribution < 1.29 is 14.7 Å². The Morgan fingerprint density at radius 1 is 1.18 bits per heavy atom. The lowest BCUT2D eigenvalue weighted by Crippen LogP contribution is -2.36. The number of nitrogens with one attached hydrogen (secondary N) is 1. The fraction of sp³-hybridized carbons (Fsp3) is 0.125. The first-order valence-electron chi connectivity index (χ1n) is 6.53. The van der Waals surface area contributed by atoms with Gasteiger partial charge in [-0.2, -0.15) is 0 Å². The van der Waals surface area contributed by atoms with Gasteiger partial charge in [-0.3, -0.25) is 9.59 Å². The van der Waals surface area contributed by atoms with Crippen LogP contribution in [0.25, 0.3) is 0 Å². The van der Waals surface area contributed by atoms with Crippen LogP contribution < -0.4 is 5.32 Å². The largest absolute Gasteiger partial charge is 0.375 e. The van der Waals surface area contributed by atoms with Crippen molar-refractivity contribution in [2.24, 2.45) is 0 Å². The van der Waals surface area contributed by atoms with Crippen LogP contribution in [0, 0.1) is 0 Å². The van der Waals surface area contributed by atoms with Crippen LogP contribution in [0.1, 0.15) is 22.3 Å². The zero-order valence-electron chi connectivity index (χ0n) is 11.3. The maximum atomic E-state index is 12.3. The maximum absolute atomic E-state index is 12.3. The summed E-state index contributed by atoms with van der Waals surface area (Å²) in [7, 11) is 0. The summed E-state index contributed by atoms with van der Waals surface area (Å²) in [4.78, 5) is 24.5. The summed E-state index contributed by atoms with van der Waals surface area (Å²) >= 11 is 12.0. The highest BCUT2D eigenvalue weighted by molar-refractivity contribution is 6.36. The molecule has 1 aliphatic rings. The smallest absolute Gasteiger partial charge is 0.261 e. The van der Waals surface area contributed by atoms with Gasteiger partial charge in [-0.1, -0.05) is 53.5 Å². The number of ketones is 1. The van der Waals surface area contributed by atoms with Gasteiger partial charge < -0.3 is 10.4 Å². The van der Waals surface area contributed by atoms with Gasteiger partial charge in [0.05, 0.1) is 17.1 Å². The summed E-state index contributed by atoms with van der Waals surface area (Å²) < 4.78 is 0. The standard InChI is InChI=1S/C16H11Cl2NO3/c17-10-6-11(18)14-12(7-10)19-15(21)16(14,22)8-13(20)9-4-2-1-3-5-9/h1-7,22H,8H2,(H,19,21). The molecule has 0 spiro atoms. The second kappa shape index (κ2) is 5.39. The Kier molecular flexibility index (Phi) is 3.68. The maximum Gasteiger partial charge on any atom is 0.261 e. The van der Waals surface area contributed by atoms with Gasteiger partial charge in [0.25, 0.3) is 5.91 Å². The number of benzene rings is 2. The Bertz CT molecular complexity index is 776. The van der Waals surface area contributed by atoms with Crippen molar-refractivity contribution in [3.8, 4) is 0 Å². The summed E-state index contributed by atoms with van der Waals surface area (Å²) in [5.74, 6) is -1.03. The molecular formula is C16H11Cl2NO3. The Morgan fingerprint density at radius 3 is 2.55 bits per heavy atom. The average Bonchev–Trinajstić information content (AvgIpc) is 2.70. The van der Waals surface area contributed by atoms with Gasteiger partial charge in [-0.15, -0.1) is 0 Å². The van der Waals surface area contributed by atoms with Gasteiger partial charge >= 0.3 is 0 Å². The summed E-state index contributed by atoms with van der Waals surface area (Å²) in [6.07, 6.45) is -0.392. The zero-order valence-corrected chi connectivity index (χ0v) is 12.8. The van der Waals surface area contributed by atoms with E-state index < -0.39 is 17.9 Å². The lowest BCUT2D eigenvalue weighted by molar-refractivity contribution is -0.133. The first-order valence-corrected chi connectivity index (χ1v) is 7.29. The number of rotatable bonds is 3. The van der Waals surface area contributed by atoms with E-state index >= 15 is 0 Å². The summed E-state index contributed by atoms with van der Waals surface area (Å²) in [5, 5.41) is 13.8. The van der Waals surface area contributed by atoms with Gasteiger partial charge in [-0.25, -0.2) is 0 Å². The zero-order chi connectivity index (χ0) is 15.9. The first kappa shape index (κ1) is 15.0. The summed E-state index contributed by atoms with van der Waals surface area (Å²) in [5.41, 5.74) is -1.06. The van der Waals surface area contributed by atoms with Gasteiger partial charge in [-0.05, 0) is 12.1 Å². The van der Waals surface area contributed by atoms with Crippen molar-refractivity contribution in [3.05, 3.63) is 63.6 Å². The molecule has 0 fully saturated rings. The minimum atomic E-state index is -2.00. The Hall–Kier alpha value is -1.88. The van der Waals surface area contributed by atoms with Crippen LogP contribution in [-0.4, -0.2) is 16.8 Å². The third kappa shape index (κ3) is 2.39. The third-order valence-corrected chi connectivity index (χ3v) is 4.12. The van der Waals surface area contributed by atoms with Crippen LogP contribution in [0.5, 0.6) is 0 Å². The Labute approximate surface area is 136 Å². The number of amides is 1. The summed E-state index contributed by atoms with van der Waals surface area (Å²) in [6.45, 7) is 0. The quantitative estimate of drug-likeness (QED) is 0.844. The van der Waals surface area contributed by atoms with E-state index in [4.69, 9.17) is 23.2 Å². The fourth-order valence-electron chi connectivity index (χ4n) is 2.56. The monoisotopic (exact) mass is 335 g/mol.